The third-order valence-corrected chi connectivity index (χ3v) is 4.32. The summed E-state index contributed by atoms with van der Waals surface area (Å²) in [5.74, 6) is -3.47. The summed E-state index contributed by atoms with van der Waals surface area (Å²) in [7, 11) is 0. The second kappa shape index (κ2) is 5.07. The van der Waals surface area contributed by atoms with Crippen molar-refractivity contribution in [3.05, 3.63) is 35.4 Å². The number of amides is 2. The van der Waals surface area contributed by atoms with E-state index in [0.29, 0.717) is 0 Å². The predicted molar refractivity (Wildman–Crippen MR) is 70.0 cm³/mol. The van der Waals surface area contributed by atoms with Crippen molar-refractivity contribution in [1.29, 1.82) is 0 Å². The lowest BCUT2D eigenvalue weighted by molar-refractivity contribution is -0.244. The molecule has 8 heteroatoms. The Hall–Kier alpha value is -2.38. The molecule has 0 unspecified atom stereocenters. The Morgan fingerprint density at radius 2 is 1.52 bits per heavy atom. The summed E-state index contributed by atoms with van der Waals surface area (Å²) in [5, 5.41) is 0.124. The molecule has 5 nitrogen and oxygen atoms in total. The van der Waals surface area contributed by atoms with Crippen LogP contribution in [-0.2, 0) is 9.63 Å². The molecule has 1 saturated carbocycles. The van der Waals surface area contributed by atoms with Crippen LogP contribution in [0.3, 0.4) is 0 Å². The van der Waals surface area contributed by atoms with E-state index in [-0.39, 0.29) is 29.0 Å². The maximum atomic E-state index is 13.3. The van der Waals surface area contributed by atoms with Crippen LogP contribution >= 0.6 is 0 Å². The highest BCUT2D eigenvalue weighted by atomic mass is 19.4. The molecule has 1 aromatic carbocycles. The largest absolute Gasteiger partial charge is 0.405 e. The molecule has 1 aromatic rings. The fourth-order valence-electron chi connectivity index (χ4n) is 3.00. The molecule has 1 heterocycles. The normalized spacial score (nSPS) is 19.9. The van der Waals surface area contributed by atoms with Crippen molar-refractivity contribution in [2.45, 2.75) is 31.9 Å². The van der Waals surface area contributed by atoms with E-state index in [4.69, 9.17) is 0 Å². The maximum absolute atomic E-state index is 13.3. The van der Waals surface area contributed by atoms with Crippen molar-refractivity contribution >= 4 is 17.8 Å². The highest BCUT2D eigenvalue weighted by Gasteiger charge is 2.63. The first-order chi connectivity index (χ1) is 10.8. The van der Waals surface area contributed by atoms with Gasteiger partial charge in [0.25, 0.3) is 11.8 Å². The lowest BCUT2D eigenvalue weighted by Crippen LogP contribution is -2.47. The first-order valence-electron chi connectivity index (χ1n) is 7.05. The van der Waals surface area contributed by atoms with Crippen LogP contribution in [0.15, 0.2) is 24.3 Å². The van der Waals surface area contributed by atoms with Gasteiger partial charge in [0.15, 0.2) is 5.41 Å². The lowest BCUT2D eigenvalue weighted by Gasteiger charge is -2.29. The number of nitrogens with zero attached hydrogens (tertiary/aromatic N) is 1. The number of hydrogen-bond donors (Lipinski definition) is 0. The van der Waals surface area contributed by atoms with Gasteiger partial charge in [-0.25, -0.2) is 4.79 Å². The van der Waals surface area contributed by atoms with Gasteiger partial charge in [0.1, 0.15) is 0 Å². The molecule has 1 fully saturated rings. The van der Waals surface area contributed by atoms with Gasteiger partial charge in [0, 0.05) is 0 Å². The topological polar surface area (TPSA) is 63.7 Å². The highest BCUT2D eigenvalue weighted by molar-refractivity contribution is 6.20. The Kier molecular flexibility index (Phi) is 3.42. The molecular formula is C15H12F3NO4. The molecule has 3 rings (SSSR count). The molecule has 0 bridgehead atoms. The molecule has 0 radical (unpaired) electrons. The first kappa shape index (κ1) is 15.5. The van der Waals surface area contributed by atoms with Gasteiger partial charge in [-0.1, -0.05) is 30.0 Å². The van der Waals surface area contributed by atoms with Crippen molar-refractivity contribution in [3.63, 3.8) is 0 Å². The first-order valence-corrected chi connectivity index (χ1v) is 7.05. The lowest BCUT2D eigenvalue weighted by atomic mass is 9.85. The average molecular weight is 327 g/mol. The third-order valence-electron chi connectivity index (χ3n) is 4.32. The fraction of sp³-hybridized carbons (Fsp3) is 0.400. The van der Waals surface area contributed by atoms with Gasteiger partial charge < -0.3 is 4.84 Å². The maximum Gasteiger partial charge on any atom is 0.405 e. The number of halogens is 3. The Morgan fingerprint density at radius 1 is 1.04 bits per heavy atom. The minimum absolute atomic E-state index is 0.00205. The SMILES string of the molecule is O=C1c2ccccc2C(=O)N1OC(=O)C1(C(F)(F)F)CCCC1. The van der Waals surface area contributed by atoms with Crippen molar-refractivity contribution < 1.29 is 32.4 Å². The van der Waals surface area contributed by atoms with E-state index >= 15 is 0 Å². The van der Waals surface area contributed by atoms with E-state index in [0.717, 1.165) is 0 Å². The van der Waals surface area contributed by atoms with Crippen molar-refractivity contribution in [1.82, 2.24) is 5.06 Å². The number of hydroxylamine groups is 2. The molecule has 2 amide bonds. The van der Waals surface area contributed by atoms with Gasteiger partial charge in [0.2, 0.25) is 0 Å². The minimum Gasteiger partial charge on any atom is -0.329 e. The summed E-state index contributed by atoms with van der Waals surface area (Å²) >= 11 is 0. The second-order valence-corrected chi connectivity index (χ2v) is 5.62. The number of rotatable bonds is 2. The molecule has 1 aliphatic carbocycles. The molecular weight excluding hydrogens is 315 g/mol. The smallest absolute Gasteiger partial charge is 0.329 e. The monoisotopic (exact) mass is 327 g/mol. The number of carbonyl (C=O) groups is 3. The molecule has 23 heavy (non-hydrogen) atoms. The zero-order valence-corrected chi connectivity index (χ0v) is 11.9. The number of fused-ring (bicyclic) bond motifs is 1. The zero-order chi connectivity index (χ0) is 16.8. The van der Waals surface area contributed by atoms with Crippen LogP contribution in [0.4, 0.5) is 13.2 Å². The number of alkyl halides is 3. The van der Waals surface area contributed by atoms with Gasteiger partial charge >= 0.3 is 12.1 Å². The van der Waals surface area contributed by atoms with Gasteiger partial charge in [-0.05, 0) is 25.0 Å². The Morgan fingerprint density at radius 3 is 1.96 bits per heavy atom. The molecule has 0 spiro atoms. The summed E-state index contributed by atoms with van der Waals surface area (Å²) in [6.45, 7) is 0. The Balaban J connectivity index is 1.87. The van der Waals surface area contributed by atoms with Crippen LogP contribution in [0.1, 0.15) is 46.4 Å². The van der Waals surface area contributed by atoms with E-state index < -0.39 is 42.2 Å². The average Bonchev–Trinajstić information content (AvgIpc) is 3.08. The number of hydrogen-bond acceptors (Lipinski definition) is 4. The van der Waals surface area contributed by atoms with Crippen LogP contribution in [0.25, 0.3) is 0 Å². The summed E-state index contributed by atoms with van der Waals surface area (Å²) in [6.07, 6.45) is -5.14. The summed E-state index contributed by atoms with van der Waals surface area (Å²) in [4.78, 5) is 40.8. The minimum atomic E-state index is -4.79. The summed E-state index contributed by atoms with van der Waals surface area (Å²) in [5.41, 5.74) is -2.65. The fourth-order valence-corrected chi connectivity index (χ4v) is 3.00. The highest BCUT2D eigenvalue weighted by Crippen LogP contribution is 2.51. The number of imide groups is 1. The van der Waals surface area contributed by atoms with E-state index in [2.05, 4.69) is 4.84 Å². The van der Waals surface area contributed by atoms with E-state index in [1.54, 1.807) is 0 Å². The van der Waals surface area contributed by atoms with Crippen LogP contribution in [-0.4, -0.2) is 29.0 Å². The summed E-state index contributed by atoms with van der Waals surface area (Å²) < 4.78 is 39.9. The number of carbonyl (C=O) groups excluding carboxylic acids is 3. The van der Waals surface area contributed by atoms with Crippen LogP contribution < -0.4 is 0 Å². The third kappa shape index (κ3) is 2.20. The standard InChI is InChI=1S/C15H12F3NO4/c16-15(17,18)14(7-3-4-8-14)13(22)23-19-11(20)9-5-1-2-6-10(9)12(19)21/h1-2,5-6H,3-4,7-8H2. The zero-order valence-electron chi connectivity index (χ0n) is 11.9. The molecule has 0 N–H and O–H groups in total. The van der Waals surface area contributed by atoms with Crippen molar-refractivity contribution in [3.8, 4) is 0 Å². The van der Waals surface area contributed by atoms with E-state index in [1.807, 2.05) is 0 Å². The molecule has 0 atom stereocenters. The van der Waals surface area contributed by atoms with E-state index in [9.17, 15) is 27.6 Å². The quantitative estimate of drug-likeness (QED) is 0.784. The molecule has 2 aliphatic rings. The Bertz CT molecular complexity index is 657. The number of benzene rings is 1. The van der Waals surface area contributed by atoms with Gasteiger partial charge in [-0.15, -0.1) is 0 Å². The van der Waals surface area contributed by atoms with Crippen molar-refractivity contribution in [2.75, 3.05) is 0 Å². The molecule has 0 saturated heterocycles. The second-order valence-electron chi connectivity index (χ2n) is 5.62. The molecule has 122 valence electrons. The van der Waals surface area contributed by atoms with Gasteiger partial charge in [-0.2, -0.15) is 13.2 Å². The Labute approximate surface area is 129 Å². The van der Waals surface area contributed by atoms with E-state index in [1.165, 1.54) is 24.3 Å². The van der Waals surface area contributed by atoms with Crippen molar-refractivity contribution in [2.24, 2.45) is 5.41 Å². The predicted octanol–water partition coefficient (Wildman–Crippen LogP) is 2.86. The molecule has 0 aromatic heterocycles. The van der Waals surface area contributed by atoms with Crippen LogP contribution in [0.2, 0.25) is 0 Å². The van der Waals surface area contributed by atoms with Gasteiger partial charge in [-0.3, -0.25) is 9.59 Å². The molecule has 1 aliphatic heterocycles. The van der Waals surface area contributed by atoms with Gasteiger partial charge in [0.05, 0.1) is 11.1 Å². The van der Waals surface area contributed by atoms with Crippen LogP contribution in [0.5, 0.6) is 0 Å². The van der Waals surface area contributed by atoms with Crippen LogP contribution in [0, 0.1) is 5.41 Å². The summed E-state index contributed by atoms with van der Waals surface area (Å²) in [6, 6.07) is 5.70.